The molecule has 0 unspecified atom stereocenters. The van der Waals surface area contributed by atoms with Gasteiger partial charge in [0.15, 0.2) is 0 Å². The van der Waals surface area contributed by atoms with Gasteiger partial charge in [0.05, 0.1) is 24.1 Å². The second-order valence-corrected chi connectivity index (χ2v) is 4.87. The van der Waals surface area contributed by atoms with E-state index in [2.05, 4.69) is 24.8 Å². The first kappa shape index (κ1) is 12.2. The number of aryl methyl sites for hydroxylation is 1. The van der Waals surface area contributed by atoms with Crippen LogP contribution in [0.15, 0.2) is 18.2 Å². The Morgan fingerprint density at radius 1 is 1.41 bits per heavy atom. The molecule has 0 spiro atoms. The Balaban J connectivity index is 2.06. The molecule has 1 aliphatic rings. The van der Waals surface area contributed by atoms with Crippen molar-refractivity contribution in [2.75, 3.05) is 30.3 Å². The Hall–Kier alpha value is -1.22. The van der Waals surface area contributed by atoms with Gasteiger partial charge in [0.2, 0.25) is 0 Å². The minimum Gasteiger partial charge on any atom is -0.397 e. The SMILES string of the molecule is CC(C)OCCN1CCCc2cccc(N)c21. The summed E-state index contributed by atoms with van der Waals surface area (Å²) in [5.74, 6) is 0. The monoisotopic (exact) mass is 234 g/mol. The largest absolute Gasteiger partial charge is 0.397 e. The van der Waals surface area contributed by atoms with Gasteiger partial charge in [0.1, 0.15) is 0 Å². The van der Waals surface area contributed by atoms with Gasteiger partial charge in [0.25, 0.3) is 0 Å². The van der Waals surface area contributed by atoms with Crippen molar-refractivity contribution in [1.29, 1.82) is 0 Å². The normalized spacial score (nSPS) is 15.1. The van der Waals surface area contributed by atoms with Gasteiger partial charge < -0.3 is 15.4 Å². The Labute approximate surface area is 104 Å². The molecule has 17 heavy (non-hydrogen) atoms. The fraction of sp³-hybridized carbons (Fsp3) is 0.571. The molecule has 0 saturated carbocycles. The summed E-state index contributed by atoms with van der Waals surface area (Å²) in [7, 11) is 0. The van der Waals surface area contributed by atoms with E-state index in [4.69, 9.17) is 10.5 Å². The number of fused-ring (bicyclic) bond motifs is 1. The Morgan fingerprint density at radius 2 is 2.24 bits per heavy atom. The highest BCUT2D eigenvalue weighted by Gasteiger charge is 2.18. The third-order valence-corrected chi connectivity index (χ3v) is 3.15. The standard InChI is InChI=1S/C14H22N2O/c1-11(2)17-10-9-16-8-4-6-12-5-3-7-13(15)14(12)16/h3,5,7,11H,4,6,8-10,15H2,1-2H3. The maximum absolute atomic E-state index is 6.08. The van der Waals surface area contributed by atoms with Crippen LogP contribution in [0, 0.1) is 0 Å². The number of hydrogen-bond donors (Lipinski definition) is 1. The highest BCUT2D eigenvalue weighted by Crippen LogP contribution is 2.32. The van der Waals surface area contributed by atoms with Crippen LogP contribution in [0.4, 0.5) is 11.4 Å². The molecule has 94 valence electrons. The number of anilines is 2. The molecule has 0 aromatic heterocycles. The van der Waals surface area contributed by atoms with E-state index in [0.717, 1.165) is 31.8 Å². The maximum Gasteiger partial charge on any atom is 0.0645 e. The van der Waals surface area contributed by atoms with E-state index in [1.54, 1.807) is 0 Å². The van der Waals surface area contributed by atoms with Crippen molar-refractivity contribution >= 4 is 11.4 Å². The Morgan fingerprint density at radius 3 is 3.00 bits per heavy atom. The first-order chi connectivity index (χ1) is 8.18. The van der Waals surface area contributed by atoms with Gasteiger partial charge in [-0.05, 0) is 38.3 Å². The number of para-hydroxylation sites is 1. The minimum absolute atomic E-state index is 0.299. The Bertz CT molecular complexity index is 376. The highest BCUT2D eigenvalue weighted by atomic mass is 16.5. The fourth-order valence-corrected chi connectivity index (χ4v) is 2.39. The average molecular weight is 234 g/mol. The lowest BCUT2D eigenvalue weighted by Crippen LogP contribution is -2.33. The van der Waals surface area contributed by atoms with Gasteiger partial charge in [0, 0.05) is 13.1 Å². The molecule has 3 nitrogen and oxygen atoms in total. The van der Waals surface area contributed by atoms with Crippen LogP contribution in [0.5, 0.6) is 0 Å². The summed E-state index contributed by atoms with van der Waals surface area (Å²) in [6.07, 6.45) is 2.65. The molecule has 0 radical (unpaired) electrons. The zero-order valence-electron chi connectivity index (χ0n) is 10.8. The first-order valence-electron chi connectivity index (χ1n) is 6.42. The van der Waals surface area contributed by atoms with E-state index >= 15 is 0 Å². The molecule has 1 aromatic rings. The van der Waals surface area contributed by atoms with Crippen molar-refractivity contribution in [3.05, 3.63) is 23.8 Å². The smallest absolute Gasteiger partial charge is 0.0645 e. The van der Waals surface area contributed by atoms with Crippen LogP contribution in [0.3, 0.4) is 0 Å². The molecule has 0 aliphatic carbocycles. The summed E-state index contributed by atoms with van der Waals surface area (Å²) < 4.78 is 5.62. The van der Waals surface area contributed by atoms with Gasteiger partial charge in [-0.15, -0.1) is 0 Å². The third-order valence-electron chi connectivity index (χ3n) is 3.15. The number of nitrogens with zero attached hydrogens (tertiary/aromatic N) is 1. The summed E-state index contributed by atoms with van der Waals surface area (Å²) in [5.41, 5.74) is 9.58. The Kier molecular flexibility index (Phi) is 3.89. The van der Waals surface area contributed by atoms with Crippen LogP contribution in [-0.4, -0.2) is 25.8 Å². The number of ether oxygens (including phenoxy) is 1. The second-order valence-electron chi connectivity index (χ2n) is 4.87. The summed E-state index contributed by atoms with van der Waals surface area (Å²) in [5, 5.41) is 0. The molecule has 1 heterocycles. The van der Waals surface area contributed by atoms with Gasteiger partial charge in [-0.25, -0.2) is 0 Å². The molecule has 0 saturated heterocycles. The van der Waals surface area contributed by atoms with Crippen LogP contribution in [-0.2, 0) is 11.2 Å². The van der Waals surface area contributed by atoms with E-state index in [9.17, 15) is 0 Å². The molecule has 2 rings (SSSR count). The molecule has 2 N–H and O–H groups in total. The lowest BCUT2D eigenvalue weighted by molar-refractivity contribution is 0.0839. The van der Waals surface area contributed by atoms with Crippen molar-refractivity contribution < 1.29 is 4.74 Å². The van der Waals surface area contributed by atoms with Crippen molar-refractivity contribution in [1.82, 2.24) is 0 Å². The molecule has 0 atom stereocenters. The van der Waals surface area contributed by atoms with Gasteiger partial charge >= 0.3 is 0 Å². The lowest BCUT2D eigenvalue weighted by Gasteiger charge is -2.32. The number of benzene rings is 1. The number of hydrogen-bond acceptors (Lipinski definition) is 3. The summed E-state index contributed by atoms with van der Waals surface area (Å²) in [6, 6.07) is 6.21. The lowest BCUT2D eigenvalue weighted by atomic mass is 10.0. The quantitative estimate of drug-likeness (QED) is 0.813. The highest BCUT2D eigenvalue weighted by molar-refractivity contribution is 5.72. The number of nitrogen functional groups attached to an aromatic ring is 1. The molecule has 1 aliphatic heterocycles. The number of rotatable bonds is 4. The van der Waals surface area contributed by atoms with E-state index in [1.165, 1.54) is 17.7 Å². The molecule has 0 fully saturated rings. The van der Waals surface area contributed by atoms with Crippen LogP contribution >= 0.6 is 0 Å². The second kappa shape index (κ2) is 5.41. The zero-order valence-corrected chi connectivity index (χ0v) is 10.8. The predicted octanol–water partition coefficient (Wildman–Crippen LogP) is 2.45. The van der Waals surface area contributed by atoms with Gasteiger partial charge in [-0.2, -0.15) is 0 Å². The van der Waals surface area contributed by atoms with E-state index in [0.29, 0.717) is 6.10 Å². The predicted molar refractivity (Wildman–Crippen MR) is 72.5 cm³/mol. The van der Waals surface area contributed by atoms with E-state index < -0.39 is 0 Å². The molecule has 1 aromatic carbocycles. The third kappa shape index (κ3) is 2.91. The molecular formula is C14H22N2O. The number of nitrogens with two attached hydrogens (primary N) is 1. The van der Waals surface area contributed by atoms with Crippen molar-refractivity contribution in [2.24, 2.45) is 0 Å². The van der Waals surface area contributed by atoms with Crippen LogP contribution in [0.1, 0.15) is 25.8 Å². The molecule has 3 heteroatoms. The molecule has 0 amide bonds. The van der Waals surface area contributed by atoms with Crippen LogP contribution in [0.2, 0.25) is 0 Å². The van der Waals surface area contributed by atoms with Crippen LogP contribution < -0.4 is 10.6 Å². The van der Waals surface area contributed by atoms with E-state index in [1.807, 2.05) is 12.1 Å². The van der Waals surface area contributed by atoms with Crippen molar-refractivity contribution in [3.8, 4) is 0 Å². The molecular weight excluding hydrogens is 212 g/mol. The average Bonchev–Trinajstić information content (AvgIpc) is 2.29. The minimum atomic E-state index is 0.299. The first-order valence-corrected chi connectivity index (χ1v) is 6.42. The topological polar surface area (TPSA) is 38.5 Å². The maximum atomic E-state index is 6.08. The summed E-state index contributed by atoms with van der Waals surface area (Å²) in [6.45, 7) is 6.92. The van der Waals surface area contributed by atoms with Gasteiger partial charge in [-0.3, -0.25) is 0 Å². The van der Waals surface area contributed by atoms with E-state index in [-0.39, 0.29) is 0 Å². The van der Waals surface area contributed by atoms with Crippen LogP contribution in [0.25, 0.3) is 0 Å². The van der Waals surface area contributed by atoms with Crippen molar-refractivity contribution in [2.45, 2.75) is 32.8 Å². The summed E-state index contributed by atoms with van der Waals surface area (Å²) >= 11 is 0. The fourth-order valence-electron chi connectivity index (χ4n) is 2.39. The van der Waals surface area contributed by atoms with Gasteiger partial charge in [-0.1, -0.05) is 12.1 Å². The molecule has 0 bridgehead atoms. The zero-order chi connectivity index (χ0) is 12.3. The summed E-state index contributed by atoms with van der Waals surface area (Å²) in [4.78, 5) is 2.36. The van der Waals surface area contributed by atoms with Crippen molar-refractivity contribution in [3.63, 3.8) is 0 Å².